The third-order valence-corrected chi connectivity index (χ3v) is 2.20. The van der Waals surface area contributed by atoms with Crippen LogP contribution in [0.25, 0.3) is 0 Å². The Kier molecular flexibility index (Phi) is 3.51. The van der Waals surface area contributed by atoms with E-state index in [2.05, 4.69) is 4.98 Å². The van der Waals surface area contributed by atoms with Gasteiger partial charge in [-0.15, -0.1) is 0 Å². The summed E-state index contributed by atoms with van der Waals surface area (Å²) in [5.41, 5.74) is 1.73. The van der Waals surface area contributed by atoms with E-state index in [1.807, 2.05) is 30.3 Å². The van der Waals surface area contributed by atoms with E-state index in [0.29, 0.717) is 12.3 Å². The number of benzene rings is 1. The molecule has 2 rings (SSSR count). The van der Waals surface area contributed by atoms with Gasteiger partial charge in [-0.1, -0.05) is 30.3 Å². The van der Waals surface area contributed by atoms with Gasteiger partial charge < -0.3 is 9.84 Å². The Morgan fingerprint density at radius 1 is 1.12 bits per heavy atom. The Morgan fingerprint density at radius 2 is 1.94 bits per heavy atom. The Labute approximate surface area is 94.3 Å². The lowest BCUT2D eigenvalue weighted by molar-refractivity contribution is 0.273. The predicted molar refractivity (Wildman–Crippen MR) is 60.9 cm³/mol. The molecule has 1 N–H and O–H groups in total. The van der Waals surface area contributed by atoms with Gasteiger partial charge in [0.05, 0.1) is 12.3 Å². The maximum absolute atomic E-state index is 8.93. The molecule has 0 saturated heterocycles. The summed E-state index contributed by atoms with van der Waals surface area (Å²) in [6.07, 6.45) is 1.63. The van der Waals surface area contributed by atoms with Crippen LogP contribution in [-0.2, 0) is 13.2 Å². The first-order chi connectivity index (χ1) is 7.88. The van der Waals surface area contributed by atoms with Crippen molar-refractivity contribution in [1.82, 2.24) is 4.98 Å². The van der Waals surface area contributed by atoms with E-state index in [1.165, 1.54) is 0 Å². The maximum atomic E-state index is 8.93. The number of hydrogen-bond donors (Lipinski definition) is 1. The first-order valence-corrected chi connectivity index (χ1v) is 5.11. The second kappa shape index (κ2) is 5.28. The molecule has 0 fully saturated rings. The predicted octanol–water partition coefficient (Wildman–Crippen LogP) is 2.15. The van der Waals surface area contributed by atoms with Crippen LogP contribution < -0.4 is 4.74 Å². The molecule has 0 unspecified atom stereocenters. The monoisotopic (exact) mass is 215 g/mol. The second-order valence-corrected chi connectivity index (χ2v) is 3.42. The zero-order valence-electron chi connectivity index (χ0n) is 8.84. The van der Waals surface area contributed by atoms with Crippen molar-refractivity contribution < 1.29 is 9.84 Å². The van der Waals surface area contributed by atoms with E-state index in [9.17, 15) is 0 Å². The highest BCUT2D eigenvalue weighted by atomic mass is 16.5. The summed E-state index contributed by atoms with van der Waals surface area (Å²) < 4.78 is 5.58. The molecular weight excluding hydrogens is 202 g/mol. The number of ether oxygens (including phenoxy) is 1. The zero-order chi connectivity index (χ0) is 11.2. The highest BCUT2D eigenvalue weighted by Crippen LogP contribution is 2.13. The van der Waals surface area contributed by atoms with Gasteiger partial charge in [-0.2, -0.15) is 0 Å². The van der Waals surface area contributed by atoms with Crippen LogP contribution in [-0.4, -0.2) is 10.1 Å². The summed E-state index contributed by atoms with van der Waals surface area (Å²) in [6.45, 7) is 0.457. The fourth-order valence-electron chi connectivity index (χ4n) is 1.37. The molecule has 0 bridgehead atoms. The smallest absolute Gasteiger partial charge is 0.123 e. The maximum Gasteiger partial charge on any atom is 0.123 e. The summed E-state index contributed by atoms with van der Waals surface area (Å²) in [5, 5.41) is 8.93. The lowest BCUT2D eigenvalue weighted by atomic mass is 10.2. The highest BCUT2D eigenvalue weighted by Gasteiger charge is 1.97. The standard InChI is InChI=1S/C13H13NO2/c15-9-12-8-13(6-7-14-12)16-10-11-4-2-1-3-5-11/h1-8,15H,9-10H2. The fraction of sp³-hybridized carbons (Fsp3) is 0.154. The van der Waals surface area contributed by atoms with Crippen LogP contribution in [0.3, 0.4) is 0 Å². The minimum atomic E-state index is -0.0669. The lowest BCUT2D eigenvalue weighted by Crippen LogP contribution is -1.96. The van der Waals surface area contributed by atoms with E-state index < -0.39 is 0 Å². The summed E-state index contributed by atoms with van der Waals surface area (Å²) in [7, 11) is 0. The van der Waals surface area contributed by atoms with E-state index in [1.54, 1.807) is 18.3 Å². The number of aliphatic hydroxyl groups is 1. The Hall–Kier alpha value is -1.87. The van der Waals surface area contributed by atoms with Crippen molar-refractivity contribution in [3.05, 3.63) is 59.9 Å². The summed E-state index contributed by atoms with van der Waals surface area (Å²) >= 11 is 0. The highest BCUT2D eigenvalue weighted by molar-refractivity contribution is 5.23. The molecule has 0 aliphatic rings. The number of aromatic nitrogens is 1. The van der Waals surface area contributed by atoms with Crippen molar-refractivity contribution in [2.75, 3.05) is 0 Å². The summed E-state index contributed by atoms with van der Waals surface area (Å²) in [5.74, 6) is 0.725. The molecule has 0 aliphatic heterocycles. The zero-order valence-corrected chi connectivity index (χ0v) is 8.84. The van der Waals surface area contributed by atoms with Crippen LogP contribution >= 0.6 is 0 Å². The van der Waals surface area contributed by atoms with Crippen molar-refractivity contribution in [3.63, 3.8) is 0 Å². The molecule has 2 aromatic rings. The van der Waals surface area contributed by atoms with Crippen LogP contribution in [0.2, 0.25) is 0 Å². The molecule has 16 heavy (non-hydrogen) atoms. The van der Waals surface area contributed by atoms with E-state index in [4.69, 9.17) is 9.84 Å². The topological polar surface area (TPSA) is 42.4 Å². The number of pyridine rings is 1. The van der Waals surface area contributed by atoms with Crippen molar-refractivity contribution >= 4 is 0 Å². The Morgan fingerprint density at radius 3 is 2.69 bits per heavy atom. The van der Waals surface area contributed by atoms with Crippen molar-refractivity contribution in [2.24, 2.45) is 0 Å². The third-order valence-electron chi connectivity index (χ3n) is 2.20. The van der Waals surface area contributed by atoms with Gasteiger partial charge in [-0.3, -0.25) is 4.98 Å². The van der Waals surface area contributed by atoms with Crippen LogP contribution in [0.1, 0.15) is 11.3 Å². The molecule has 0 amide bonds. The van der Waals surface area contributed by atoms with Crippen LogP contribution in [0.4, 0.5) is 0 Å². The summed E-state index contributed by atoms with van der Waals surface area (Å²) in [4.78, 5) is 3.98. The molecule has 0 radical (unpaired) electrons. The van der Waals surface area contributed by atoms with E-state index >= 15 is 0 Å². The van der Waals surface area contributed by atoms with Gasteiger partial charge >= 0.3 is 0 Å². The van der Waals surface area contributed by atoms with Gasteiger partial charge in [0.25, 0.3) is 0 Å². The van der Waals surface area contributed by atoms with E-state index in [-0.39, 0.29) is 6.61 Å². The third kappa shape index (κ3) is 2.81. The quantitative estimate of drug-likeness (QED) is 0.849. The fourth-order valence-corrected chi connectivity index (χ4v) is 1.37. The molecular formula is C13H13NO2. The minimum absolute atomic E-state index is 0.0669. The Balaban J connectivity index is 1.99. The number of rotatable bonds is 4. The van der Waals surface area contributed by atoms with Gasteiger partial charge in [0.1, 0.15) is 12.4 Å². The molecule has 0 spiro atoms. The van der Waals surface area contributed by atoms with Gasteiger partial charge in [0.15, 0.2) is 0 Å². The van der Waals surface area contributed by atoms with Gasteiger partial charge in [0.2, 0.25) is 0 Å². The molecule has 1 aromatic carbocycles. The van der Waals surface area contributed by atoms with Crippen LogP contribution in [0.15, 0.2) is 48.7 Å². The van der Waals surface area contributed by atoms with Gasteiger partial charge in [-0.05, 0) is 11.6 Å². The van der Waals surface area contributed by atoms with Crippen molar-refractivity contribution in [1.29, 1.82) is 0 Å². The number of aliphatic hydroxyl groups excluding tert-OH is 1. The van der Waals surface area contributed by atoms with Crippen molar-refractivity contribution in [3.8, 4) is 5.75 Å². The largest absolute Gasteiger partial charge is 0.489 e. The first-order valence-electron chi connectivity index (χ1n) is 5.11. The van der Waals surface area contributed by atoms with Gasteiger partial charge in [0, 0.05) is 12.3 Å². The first kappa shape index (κ1) is 10.6. The lowest BCUT2D eigenvalue weighted by Gasteiger charge is -2.06. The average molecular weight is 215 g/mol. The molecule has 1 heterocycles. The molecule has 0 aliphatic carbocycles. The van der Waals surface area contributed by atoms with E-state index in [0.717, 1.165) is 11.3 Å². The molecule has 82 valence electrons. The molecule has 1 aromatic heterocycles. The van der Waals surface area contributed by atoms with Crippen molar-refractivity contribution in [2.45, 2.75) is 13.2 Å². The SMILES string of the molecule is OCc1cc(OCc2ccccc2)ccn1. The molecule has 3 heteroatoms. The summed E-state index contributed by atoms with van der Waals surface area (Å²) in [6, 6.07) is 13.5. The van der Waals surface area contributed by atoms with Gasteiger partial charge in [-0.25, -0.2) is 0 Å². The number of nitrogens with zero attached hydrogens (tertiary/aromatic N) is 1. The second-order valence-electron chi connectivity index (χ2n) is 3.42. The van der Waals surface area contributed by atoms with Crippen LogP contribution in [0, 0.1) is 0 Å². The average Bonchev–Trinajstić information content (AvgIpc) is 2.38. The normalized spacial score (nSPS) is 10.1. The molecule has 0 saturated carbocycles. The Bertz CT molecular complexity index is 443. The molecule has 3 nitrogen and oxygen atoms in total. The minimum Gasteiger partial charge on any atom is -0.489 e. The van der Waals surface area contributed by atoms with Crippen LogP contribution in [0.5, 0.6) is 5.75 Å². The molecule has 0 atom stereocenters. The number of hydrogen-bond acceptors (Lipinski definition) is 3.